The molecule has 0 aromatic rings. The van der Waals surface area contributed by atoms with Gasteiger partial charge in [0.15, 0.2) is 12.5 Å². The molecule has 1 rings (SSSR count). The minimum Gasteiger partial charge on any atom is -0.481 e. The van der Waals surface area contributed by atoms with E-state index in [1.165, 1.54) is 6.92 Å². The van der Waals surface area contributed by atoms with E-state index in [4.69, 9.17) is 14.9 Å². The number of aliphatic hydroxyl groups excluding tert-OH is 2. The maximum Gasteiger partial charge on any atom is 0.306 e. The molecule has 1 heterocycles. The first-order valence-electron chi connectivity index (χ1n) is 6.42. The summed E-state index contributed by atoms with van der Waals surface area (Å²) in [5.41, 5.74) is 4.47. The Morgan fingerprint density at radius 1 is 1.32 bits per heavy atom. The number of amides is 1. The number of carboxylic acid groups (broad SMARTS) is 1. The van der Waals surface area contributed by atoms with Gasteiger partial charge in [0.25, 0.3) is 0 Å². The highest BCUT2D eigenvalue weighted by Gasteiger charge is 2.38. The maximum absolute atomic E-state index is 13.4. The number of nitrogens with two attached hydrogens (primary N) is 1. The van der Waals surface area contributed by atoms with Gasteiger partial charge < -0.3 is 30.5 Å². The molecule has 1 fully saturated rings. The van der Waals surface area contributed by atoms with Crippen molar-refractivity contribution in [3.8, 4) is 0 Å². The van der Waals surface area contributed by atoms with Gasteiger partial charge in [0.2, 0.25) is 5.91 Å². The van der Waals surface area contributed by atoms with Crippen LogP contribution in [0, 0.1) is 0 Å². The fourth-order valence-electron chi connectivity index (χ4n) is 1.50. The summed E-state index contributed by atoms with van der Waals surface area (Å²) >= 11 is 0. The highest BCUT2D eigenvalue weighted by atomic mass is 19.1. The molecule has 1 amide bonds. The molecule has 0 aliphatic carbocycles. The van der Waals surface area contributed by atoms with Crippen LogP contribution in [-0.2, 0) is 23.9 Å². The maximum atomic E-state index is 13.4. The van der Waals surface area contributed by atoms with Crippen LogP contribution in [0.4, 0.5) is 4.39 Å². The Balaban J connectivity index is 0.000000980. The lowest BCUT2D eigenvalue weighted by atomic mass is 10.0. The van der Waals surface area contributed by atoms with Crippen molar-refractivity contribution in [2.45, 2.75) is 50.9 Å². The number of alkyl halides is 1. The van der Waals surface area contributed by atoms with Crippen molar-refractivity contribution in [3.63, 3.8) is 0 Å². The average Bonchev–Trinajstić information content (AvgIpc) is 2.38. The predicted molar refractivity (Wildman–Crippen MR) is 69.1 cm³/mol. The van der Waals surface area contributed by atoms with Gasteiger partial charge in [-0.3, -0.25) is 14.4 Å². The first kappa shape index (κ1) is 20.2. The zero-order valence-corrected chi connectivity index (χ0v) is 12.0. The summed E-state index contributed by atoms with van der Waals surface area (Å²) in [6.45, 7) is 0.827. The SMILES string of the molecule is CC(N)=O.O=C(O)CCC(=O)OCC1OC(O)CC(O)[C@@H]1F. The Morgan fingerprint density at radius 2 is 1.86 bits per heavy atom. The van der Waals surface area contributed by atoms with Crippen LogP contribution >= 0.6 is 0 Å². The largest absolute Gasteiger partial charge is 0.481 e. The molecule has 0 spiro atoms. The third-order valence-corrected chi connectivity index (χ3v) is 2.45. The summed E-state index contributed by atoms with van der Waals surface area (Å²) in [6.07, 6.45) is -6.66. The first-order valence-corrected chi connectivity index (χ1v) is 6.42. The number of primary amides is 1. The molecular weight excluding hydrogens is 305 g/mol. The number of aliphatic carboxylic acids is 1. The summed E-state index contributed by atoms with van der Waals surface area (Å²) < 4.78 is 22.8. The van der Waals surface area contributed by atoms with Crippen molar-refractivity contribution in [1.29, 1.82) is 0 Å². The minimum absolute atomic E-state index is 0.245. The van der Waals surface area contributed by atoms with Gasteiger partial charge >= 0.3 is 11.9 Å². The standard InChI is InChI=1S/C10H15FO7.C2H5NO/c11-10-5(12)3-9(16)18-6(10)4-17-8(15)2-1-7(13)14;1-2(3)4/h5-6,9-10,12,16H,1-4H2,(H,13,14);1H3,(H2,3,4)/t5?,6?,9?,10-;/m0./s1. The van der Waals surface area contributed by atoms with Crippen LogP contribution in [0.5, 0.6) is 0 Å². The normalized spacial score (nSPS) is 27.3. The molecule has 1 aliphatic heterocycles. The van der Waals surface area contributed by atoms with Gasteiger partial charge in [-0.15, -0.1) is 0 Å². The Labute approximate surface area is 125 Å². The number of carbonyl (C=O) groups is 3. The van der Waals surface area contributed by atoms with Gasteiger partial charge in [-0.05, 0) is 0 Å². The first-order chi connectivity index (χ1) is 10.1. The lowest BCUT2D eigenvalue weighted by Gasteiger charge is -2.33. The summed E-state index contributed by atoms with van der Waals surface area (Å²) in [6, 6.07) is 0. The summed E-state index contributed by atoms with van der Waals surface area (Å²) in [4.78, 5) is 30.5. The number of carbonyl (C=O) groups excluding carboxylic acids is 2. The summed E-state index contributed by atoms with van der Waals surface area (Å²) in [7, 11) is 0. The van der Waals surface area contributed by atoms with E-state index in [0.29, 0.717) is 0 Å². The van der Waals surface area contributed by atoms with Crippen molar-refractivity contribution in [3.05, 3.63) is 0 Å². The number of esters is 1. The van der Waals surface area contributed by atoms with Crippen LogP contribution in [0.25, 0.3) is 0 Å². The van der Waals surface area contributed by atoms with Crippen LogP contribution in [0.1, 0.15) is 26.2 Å². The van der Waals surface area contributed by atoms with Gasteiger partial charge in [-0.2, -0.15) is 0 Å². The Bertz CT molecular complexity index is 387. The molecule has 0 aromatic carbocycles. The van der Waals surface area contributed by atoms with Crippen molar-refractivity contribution in [2.24, 2.45) is 5.73 Å². The van der Waals surface area contributed by atoms with E-state index < -0.39 is 43.2 Å². The number of aliphatic hydroxyl groups is 2. The molecule has 4 atom stereocenters. The highest BCUT2D eigenvalue weighted by molar-refractivity contribution is 5.76. The second-order valence-electron chi connectivity index (χ2n) is 4.56. The van der Waals surface area contributed by atoms with Crippen LogP contribution in [0.3, 0.4) is 0 Å². The van der Waals surface area contributed by atoms with Gasteiger partial charge in [0.05, 0.1) is 18.9 Å². The molecule has 10 heteroatoms. The van der Waals surface area contributed by atoms with E-state index in [1.54, 1.807) is 0 Å². The zero-order valence-electron chi connectivity index (χ0n) is 12.0. The zero-order chi connectivity index (χ0) is 17.3. The van der Waals surface area contributed by atoms with Gasteiger partial charge in [-0.1, -0.05) is 0 Å². The monoisotopic (exact) mass is 325 g/mol. The number of hydrogen-bond acceptors (Lipinski definition) is 7. The van der Waals surface area contributed by atoms with Crippen LogP contribution < -0.4 is 5.73 Å². The van der Waals surface area contributed by atoms with E-state index in [-0.39, 0.29) is 25.2 Å². The predicted octanol–water partition coefficient (Wildman–Crippen LogP) is -1.31. The van der Waals surface area contributed by atoms with Gasteiger partial charge in [-0.25, -0.2) is 4.39 Å². The molecule has 128 valence electrons. The second-order valence-corrected chi connectivity index (χ2v) is 4.56. The molecule has 0 radical (unpaired) electrons. The molecule has 0 aromatic heterocycles. The molecule has 0 saturated carbocycles. The number of hydrogen-bond donors (Lipinski definition) is 4. The summed E-state index contributed by atoms with van der Waals surface area (Å²) in [5, 5.41) is 26.7. The smallest absolute Gasteiger partial charge is 0.306 e. The number of rotatable bonds is 5. The second kappa shape index (κ2) is 10.0. The Hall–Kier alpha value is -1.78. The van der Waals surface area contributed by atoms with Crippen LogP contribution in [0.15, 0.2) is 0 Å². The van der Waals surface area contributed by atoms with Crippen molar-refractivity contribution < 1.29 is 43.6 Å². The summed E-state index contributed by atoms with van der Waals surface area (Å²) in [5.74, 6) is -2.28. The number of ether oxygens (including phenoxy) is 2. The van der Waals surface area contributed by atoms with Crippen LogP contribution in [0.2, 0.25) is 0 Å². The average molecular weight is 325 g/mol. The van der Waals surface area contributed by atoms with E-state index in [9.17, 15) is 23.9 Å². The fraction of sp³-hybridized carbons (Fsp3) is 0.750. The Morgan fingerprint density at radius 3 is 2.36 bits per heavy atom. The highest BCUT2D eigenvalue weighted by Crippen LogP contribution is 2.22. The third kappa shape index (κ3) is 9.21. The van der Waals surface area contributed by atoms with Gasteiger partial charge in [0.1, 0.15) is 12.7 Å². The molecule has 5 N–H and O–H groups in total. The lowest BCUT2D eigenvalue weighted by Crippen LogP contribution is -2.48. The topological polar surface area (TPSA) is 156 Å². The molecule has 3 unspecified atom stereocenters. The fourth-order valence-corrected chi connectivity index (χ4v) is 1.50. The molecular formula is C12H20FNO8. The van der Waals surface area contributed by atoms with Crippen molar-refractivity contribution >= 4 is 17.8 Å². The van der Waals surface area contributed by atoms with Crippen LogP contribution in [-0.4, -0.2) is 64.4 Å². The molecule has 0 bridgehead atoms. The molecule has 1 aliphatic rings. The minimum atomic E-state index is -1.76. The van der Waals surface area contributed by atoms with Crippen molar-refractivity contribution in [2.75, 3.05) is 6.61 Å². The van der Waals surface area contributed by atoms with E-state index in [2.05, 4.69) is 10.5 Å². The van der Waals surface area contributed by atoms with Crippen molar-refractivity contribution in [1.82, 2.24) is 0 Å². The number of carboxylic acids is 1. The van der Waals surface area contributed by atoms with Gasteiger partial charge in [0, 0.05) is 13.3 Å². The number of halogens is 1. The quantitative estimate of drug-likeness (QED) is 0.454. The molecule has 22 heavy (non-hydrogen) atoms. The third-order valence-electron chi connectivity index (χ3n) is 2.45. The van der Waals surface area contributed by atoms with E-state index >= 15 is 0 Å². The molecule has 9 nitrogen and oxygen atoms in total. The lowest BCUT2D eigenvalue weighted by molar-refractivity contribution is -0.228. The molecule has 1 saturated heterocycles. The van der Waals surface area contributed by atoms with E-state index in [1.807, 2.05) is 0 Å². The Kier molecular flexibility index (Phi) is 9.22. The van der Waals surface area contributed by atoms with E-state index in [0.717, 1.165) is 0 Å².